The summed E-state index contributed by atoms with van der Waals surface area (Å²) in [5, 5.41) is 15.0. The van der Waals surface area contributed by atoms with Crippen molar-refractivity contribution in [2.75, 3.05) is 0 Å². The largest absolute Gasteiger partial charge is 0.380 e. The standard InChI is InChI=1S/C14H15FN2O/c1-2-17-9-10(8-16-17)14(18)7-6-11-12(14)4-3-5-13(11)15/h3-5,8-9,18H,2,6-7H2,1H3. The highest BCUT2D eigenvalue weighted by molar-refractivity contribution is 5.44. The van der Waals surface area contributed by atoms with Gasteiger partial charge in [0.1, 0.15) is 11.4 Å². The maximum atomic E-state index is 13.7. The van der Waals surface area contributed by atoms with Crippen LogP contribution in [-0.2, 0) is 18.6 Å². The van der Waals surface area contributed by atoms with Gasteiger partial charge in [0.15, 0.2) is 0 Å². The smallest absolute Gasteiger partial charge is 0.126 e. The Morgan fingerprint density at radius 2 is 2.33 bits per heavy atom. The van der Waals surface area contributed by atoms with E-state index in [2.05, 4.69) is 5.10 Å². The van der Waals surface area contributed by atoms with Crippen LogP contribution in [0.3, 0.4) is 0 Å². The first kappa shape index (κ1) is 11.4. The van der Waals surface area contributed by atoms with Gasteiger partial charge in [0, 0.05) is 18.3 Å². The fourth-order valence-corrected chi connectivity index (χ4v) is 2.69. The SMILES string of the molecule is CCn1cc(C2(O)CCc3c(F)cccc32)cn1. The molecule has 0 fully saturated rings. The molecule has 0 amide bonds. The van der Waals surface area contributed by atoms with Crippen LogP contribution in [0.4, 0.5) is 4.39 Å². The number of aryl methyl sites for hydroxylation is 1. The zero-order valence-electron chi connectivity index (χ0n) is 10.2. The Morgan fingerprint density at radius 1 is 1.50 bits per heavy atom. The number of aromatic nitrogens is 2. The van der Waals surface area contributed by atoms with Gasteiger partial charge in [0.05, 0.1) is 6.20 Å². The van der Waals surface area contributed by atoms with Crippen LogP contribution in [0.15, 0.2) is 30.6 Å². The molecule has 1 N–H and O–H groups in total. The molecule has 0 saturated heterocycles. The first-order chi connectivity index (χ1) is 8.65. The van der Waals surface area contributed by atoms with Gasteiger partial charge in [0.2, 0.25) is 0 Å². The molecule has 3 rings (SSSR count). The lowest BCUT2D eigenvalue weighted by atomic mass is 9.90. The van der Waals surface area contributed by atoms with Crippen LogP contribution in [0, 0.1) is 5.82 Å². The molecule has 18 heavy (non-hydrogen) atoms. The fourth-order valence-electron chi connectivity index (χ4n) is 2.69. The summed E-state index contributed by atoms with van der Waals surface area (Å²) in [5.74, 6) is -0.230. The van der Waals surface area contributed by atoms with Crippen molar-refractivity contribution in [3.63, 3.8) is 0 Å². The Morgan fingerprint density at radius 3 is 3.06 bits per heavy atom. The van der Waals surface area contributed by atoms with E-state index in [9.17, 15) is 9.50 Å². The summed E-state index contributed by atoms with van der Waals surface area (Å²) in [6.45, 7) is 2.75. The number of hydrogen-bond acceptors (Lipinski definition) is 2. The van der Waals surface area contributed by atoms with Gasteiger partial charge in [-0.2, -0.15) is 5.10 Å². The van der Waals surface area contributed by atoms with Gasteiger partial charge in [-0.3, -0.25) is 4.68 Å². The van der Waals surface area contributed by atoms with Crippen molar-refractivity contribution in [1.82, 2.24) is 9.78 Å². The highest BCUT2D eigenvalue weighted by Gasteiger charge is 2.40. The summed E-state index contributed by atoms with van der Waals surface area (Å²) < 4.78 is 15.5. The predicted octanol–water partition coefficient (Wildman–Crippen LogP) is 2.22. The minimum Gasteiger partial charge on any atom is -0.380 e. The molecule has 1 heterocycles. The highest BCUT2D eigenvalue weighted by atomic mass is 19.1. The number of fused-ring (bicyclic) bond motifs is 1. The zero-order chi connectivity index (χ0) is 12.8. The molecule has 0 spiro atoms. The first-order valence-electron chi connectivity index (χ1n) is 6.18. The summed E-state index contributed by atoms with van der Waals surface area (Å²) in [6.07, 6.45) is 4.58. The van der Waals surface area contributed by atoms with Crippen molar-refractivity contribution in [3.05, 3.63) is 53.1 Å². The second kappa shape index (κ2) is 3.92. The molecule has 0 radical (unpaired) electrons. The highest BCUT2D eigenvalue weighted by Crippen LogP contribution is 2.42. The van der Waals surface area contributed by atoms with Crippen molar-refractivity contribution < 1.29 is 9.50 Å². The molecule has 2 aromatic rings. The minimum absolute atomic E-state index is 0.230. The molecule has 0 aliphatic heterocycles. The molecule has 1 aliphatic carbocycles. The molecule has 0 saturated carbocycles. The third-order valence-corrected chi connectivity index (χ3v) is 3.74. The van der Waals surface area contributed by atoms with Gasteiger partial charge in [-0.1, -0.05) is 12.1 Å². The van der Waals surface area contributed by atoms with E-state index in [4.69, 9.17) is 0 Å². The van der Waals surface area contributed by atoms with Gasteiger partial charge in [-0.05, 0) is 37.0 Å². The molecular formula is C14H15FN2O. The third-order valence-electron chi connectivity index (χ3n) is 3.74. The summed E-state index contributed by atoms with van der Waals surface area (Å²) in [4.78, 5) is 0. The summed E-state index contributed by atoms with van der Waals surface area (Å²) in [7, 11) is 0. The monoisotopic (exact) mass is 246 g/mol. The second-order valence-corrected chi connectivity index (χ2v) is 4.71. The fraction of sp³-hybridized carbons (Fsp3) is 0.357. The van der Waals surface area contributed by atoms with Gasteiger partial charge >= 0.3 is 0 Å². The van der Waals surface area contributed by atoms with E-state index in [0.717, 1.165) is 12.1 Å². The Balaban J connectivity index is 2.11. The molecule has 1 aromatic heterocycles. The summed E-state index contributed by atoms with van der Waals surface area (Å²) in [6, 6.07) is 4.89. The van der Waals surface area contributed by atoms with E-state index in [1.54, 1.807) is 23.0 Å². The van der Waals surface area contributed by atoms with Crippen molar-refractivity contribution in [1.29, 1.82) is 0 Å². The van der Waals surface area contributed by atoms with Gasteiger partial charge in [-0.25, -0.2) is 4.39 Å². The van der Waals surface area contributed by atoms with E-state index in [1.807, 2.05) is 13.1 Å². The lowest BCUT2D eigenvalue weighted by Gasteiger charge is -2.22. The Kier molecular flexibility index (Phi) is 2.48. The quantitative estimate of drug-likeness (QED) is 0.882. The maximum absolute atomic E-state index is 13.7. The number of benzene rings is 1. The van der Waals surface area contributed by atoms with Crippen LogP contribution in [0.1, 0.15) is 30.0 Å². The van der Waals surface area contributed by atoms with E-state index in [-0.39, 0.29) is 5.82 Å². The van der Waals surface area contributed by atoms with Crippen LogP contribution in [0.25, 0.3) is 0 Å². The average Bonchev–Trinajstić information content (AvgIpc) is 2.97. The van der Waals surface area contributed by atoms with Crippen LogP contribution >= 0.6 is 0 Å². The first-order valence-corrected chi connectivity index (χ1v) is 6.18. The average molecular weight is 246 g/mol. The van der Waals surface area contributed by atoms with Crippen molar-refractivity contribution >= 4 is 0 Å². The second-order valence-electron chi connectivity index (χ2n) is 4.71. The Hall–Kier alpha value is -1.68. The van der Waals surface area contributed by atoms with Crippen molar-refractivity contribution in [3.8, 4) is 0 Å². The third kappa shape index (κ3) is 1.49. The molecular weight excluding hydrogens is 231 g/mol. The lowest BCUT2D eigenvalue weighted by Crippen LogP contribution is -2.23. The molecule has 1 aliphatic rings. The van der Waals surface area contributed by atoms with Crippen molar-refractivity contribution in [2.45, 2.75) is 31.9 Å². The van der Waals surface area contributed by atoms with E-state index < -0.39 is 5.60 Å². The van der Waals surface area contributed by atoms with E-state index >= 15 is 0 Å². The molecule has 4 heteroatoms. The Labute approximate surface area is 105 Å². The van der Waals surface area contributed by atoms with Crippen LogP contribution in [-0.4, -0.2) is 14.9 Å². The van der Waals surface area contributed by atoms with E-state index in [0.29, 0.717) is 24.0 Å². The lowest BCUT2D eigenvalue weighted by molar-refractivity contribution is 0.0828. The topological polar surface area (TPSA) is 38.0 Å². The Bertz CT molecular complexity index is 593. The molecule has 1 atom stereocenters. The molecule has 1 aromatic carbocycles. The predicted molar refractivity (Wildman–Crippen MR) is 65.6 cm³/mol. The summed E-state index contributed by atoms with van der Waals surface area (Å²) >= 11 is 0. The number of aliphatic hydroxyl groups is 1. The number of hydrogen-bond donors (Lipinski definition) is 1. The molecule has 0 bridgehead atoms. The molecule has 1 unspecified atom stereocenters. The van der Waals surface area contributed by atoms with Crippen molar-refractivity contribution in [2.24, 2.45) is 0 Å². The van der Waals surface area contributed by atoms with Crippen LogP contribution in [0.2, 0.25) is 0 Å². The number of nitrogens with zero attached hydrogens (tertiary/aromatic N) is 2. The zero-order valence-corrected chi connectivity index (χ0v) is 10.2. The summed E-state index contributed by atoms with van der Waals surface area (Å²) in [5.41, 5.74) is 0.960. The van der Waals surface area contributed by atoms with E-state index in [1.165, 1.54) is 6.07 Å². The maximum Gasteiger partial charge on any atom is 0.126 e. The van der Waals surface area contributed by atoms with Crippen LogP contribution < -0.4 is 0 Å². The number of halogens is 1. The molecule has 3 nitrogen and oxygen atoms in total. The normalized spacial score (nSPS) is 22.2. The molecule has 94 valence electrons. The van der Waals surface area contributed by atoms with Gasteiger partial charge < -0.3 is 5.11 Å². The minimum atomic E-state index is -1.09. The van der Waals surface area contributed by atoms with Gasteiger partial charge in [-0.15, -0.1) is 0 Å². The van der Waals surface area contributed by atoms with Crippen LogP contribution in [0.5, 0.6) is 0 Å². The van der Waals surface area contributed by atoms with Gasteiger partial charge in [0.25, 0.3) is 0 Å². The number of rotatable bonds is 2.